The Kier molecular flexibility index (Phi) is 5.17. The standard InChI is InChI=1S/C42H34N2/c1-41(2)33-11-7-5-9-29(33)31-19-15-27(23-35(31)41)37-21-17-25-13-14-26-18-22-38(44-40(26)39(25)43-37)28-16-20-32-30-10-6-8-12-34(30)42(3,4)36(32)24-28/h5,7-9,11-24H,6,10H2,1-4H3. The molecule has 44 heavy (non-hydrogen) atoms. The second-order valence-electron chi connectivity index (χ2n) is 13.8. The van der Waals surface area contributed by atoms with Crippen molar-refractivity contribution >= 4 is 27.4 Å². The Morgan fingerprint density at radius 2 is 1.11 bits per heavy atom. The number of rotatable bonds is 2. The van der Waals surface area contributed by atoms with Crippen LogP contribution in [0.25, 0.3) is 61.0 Å². The highest BCUT2D eigenvalue weighted by Gasteiger charge is 2.37. The molecule has 0 N–H and O–H groups in total. The van der Waals surface area contributed by atoms with Crippen LogP contribution in [-0.2, 0) is 10.8 Å². The lowest BCUT2D eigenvalue weighted by Crippen LogP contribution is -2.16. The summed E-state index contributed by atoms with van der Waals surface area (Å²) in [6.45, 7) is 9.38. The molecule has 2 heterocycles. The zero-order valence-electron chi connectivity index (χ0n) is 25.7. The summed E-state index contributed by atoms with van der Waals surface area (Å²) < 4.78 is 0. The largest absolute Gasteiger partial charge is 0.245 e. The van der Waals surface area contributed by atoms with Gasteiger partial charge in [-0.25, -0.2) is 9.97 Å². The molecule has 2 heteroatoms. The van der Waals surface area contributed by atoms with Crippen molar-refractivity contribution in [2.45, 2.75) is 51.4 Å². The van der Waals surface area contributed by atoms with Gasteiger partial charge in [0.05, 0.1) is 22.4 Å². The Bertz CT molecular complexity index is 2280. The van der Waals surface area contributed by atoms with Crippen LogP contribution in [-0.4, -0.2) is 9.97 Å². The summed E-state index contributed by atoms with van der Waals surface area (Å²) in [7, 11) is 0. The fraction of sp³-hybridized carbons (Fsp3) is 0.190. The third kappa shape index (κ3) is 3.48. The van der Waals surface area contributed by atoms with E-state index < -0.39 is 0 Å². The molecule has 0 fully saturated rings. The molecule has 0 aliphatic heterocycles. The minimum Gasteiger partial charge on any atom is -0.245 e. The summed E-state index contributed by atoms with van der Waals surface area (Å²) in [5.41, 5.74) is 17.4. The number of hydrogen-bond donors (Lipinski definition) is 0. The molecular formula is C42H34N2. The first-order chi connectivity index (χ1) is 21.3. The van der Waals surface area contributed by atoms with Crippen molar-refractivity contribution in [3.05, 3.63) is 137 Å². The highest BCUT2D eigenvalue weighted by Crippen LogP contribution is 2.51. The fourth-order valence-electron chi connectivity index (χ4n) is 8.11. The van der Waals surface area contributed by atoms with E-state index in [1.54, 1.807) is 0 Å². The molecule has 0 amide bonds. The predicted molar refractivity (Wildman–Crippen MR) is 184 cm³/mol. The summed E-state index contributed by atoms with van der Waals surface area (Å²) in [6.07, 6.45) is 6.93. The van der Waals surface area contributed by atoms with E-state index in [-0.39, 0.29) is 10.8 Å². The van der Waals surface area contributed by atoms with Crippen LogP contribution in [0, 0.1) is 0 Å². The third-order valence-corrected chi connectivity index (χ3v) is 10.6. The fourth-order valence-corrected chi connectivity index (χ4v) is 8.11. The van der Waals surface area contributed by atoms with Crippen LogP contribution >= 0.6 is 0 Å². The van der Waals surface area contributed by atoms with Crippen molar-refractivity contribution in [2.24, 2.45) is 0 Å². The van der Waals surface area contributed by atoms with Crippen molar-refractivity contribution in [1.29, 1.82) is 0 Å². The van der Waals surface area contributed by atoms with E-state index in [2.05, 4.69) is 137 Å². The Labute approximate surface area is 258 Å². The summed E-state index contributed by atoms with van der Waals surface area (Å²) in [5.74, 6) is 0. The molecule has 0 bridgehead atoms. The van der Waals surface area contributed by atoms with Crippen LogP contribution in [0.2, 0.25) is 0 Å². The average molecular weight is 567 g/mol. The minimum absolute atomic E-state index is 0.00337. The predicted octanol–water partition coefficient (Wildman–Crippen LogP) is 10.8. The summed E-state index contributed by atoms with van der Waals surface area (Å²) in [4.78, 5) is 10.6. The Hall–Kier alpha value is -4.82. The van der Waals surface area contributed by atoms with E-state index in [1.165, 1.54) is 44.5 Å². The van der Waals surface area contributed by atoms with Crippen molar-refractivity contribution in [1.82, 2.24) is 9.97 Å². The van der Waals surface area contributed by atoms with E-state index in [1.807, 2.05) is 0 Å². The second kappa shape index (κ2) is 8.86. The second-order valence-corrected chi connectivity index (χ2v) is 13.8. The van der Waals surface area contributed by atoms with Crippen LogP contribution < -0.4 is 0 Å². The highest BCUT2D eigenvalue weighted by atomic mass is 14.8. The topological polar surface area (TPSA) is 25.8 Å². The lowest BCUT2D eigenvalue weighted by Gasteiger charge is -2.24. The molecule has 6 aromatic rings. The van der Waals surface area contributed by atoms with Gasteiger partial charge in [-0.2, -0.15) is 0 Å². The van der Waals surface area contributed by atoms with E-state index >= 15 is 0 Å². The van der Waals surface area contributed by atoms with Gasteiger partial charge >= 0.3 is 0 Å². The van der Waals surface area contributed by atoms with Gasteiger partial charge < -0.3 is 0 Å². The molecule has 0 saturated heterocycles. The molecule has 3 aliphatic carbocycles. The van der Waals surface area contributed by atoms with Crippen molar-refractivity contribution < 1.29 is 0 Å². The molecule has 0 spiro atoms. The van der Waals surface area contributed by atoms with Gasteiger partial charge in [0.1, 0.15) is 0 Å². The molecule has 2 aromatic heterocycles. The highest BCUT2D eigenvalue weighted by molar-refractivity contribution is 6.04. The molecule has 0 atom stereocenters. The van der Waals surface area contributed by atoms with Crippen molar-refractivity contribution in [3.8, 4) is 33.6 Å². The van der Waals surface area contributed by atoms with E-state index in [4.69, 9.17) is 9.97 Å². The maximum absolute atomic E-state index is 5.29. The first-order valence-electron chi connectivity index (χ1n) is 15.8. The first kappa shape index (κ1) is 25.7. The van der Waals surface area contributed by atoms with Crippen LogP contribution in [0.15, 0.2) is 115 Å². The van der Waals surface area contributed by atoms with Crippen LogP contribution in [0.5, 0.6) is 0 Å². The van der Waals surface area contributed by atoms with Crippen molar-refractivity contribution in [2.75, 3.05) is 0 Å². The van der Waals surface area contributed by atoms with E-state index in [9.17, 15) is 0 Å². The van der Waals surface area contributed by atoms with Gasteiger partial charge in [-0.3, -0.25) is 0 Å². The lowest BCUT2D eigenvalue weighted by atomic mass is 9.79. The van der Waals surface area contributed by atoms with Crippen LogP contribution in [0.3, 0.4) is 0 Å². The molecule has 9 rings (SSSR count). The molecule has 2 nitrogen and oxygen atoms in total. The number of aromatic nitrogens is 2. The lowest BCUT2D eigenvalue weighted by molar-refractivity contribution is 0.651. The van der Waals surface area contributed by atoms with Gasteiger partial charge in [0.2, 0.25) is 0 Å². The first-order valence-corrected chi connectivity index (χ1v) is 15.8. The number of benzene rings is 4. The monoisotopic (exact) mass is 566 g/mol. The number of nitrogens with zero attached hydrogens (tertiary/aromatic N) is 2. The van der Waals surface area contributed by atoms with Gasteiger partial charge in [-0.15, -0.1) is 0 Å². The summed E-state index contributed by atoms with van der Waals surface area (Å²) in [5, 5.41) is 2.22. The quantitative estimate of drug-likeness (QED) is 0.195. The van der Waals surface area contributed by atoms with E-state index in [0.29, 0.717) is 0 Å². The maximum atomic E-state index is 5.29. The zero-order valence-corrected chi connectivity index (χ0v) is 25.7. The van der Waals surface area contributed by atoms with Gasteiger partial charge in [0.15, 0.2) is 0 Å². The number of allylic oxidation sites excluding steroid dienone is 4. The Balaban J connectivity index is 1.16. The minimum atomic E-state index is -0.0442. The third-order valence-electron chi connectivity index (χ3n) is 10.6. The van der Waals surface area contributed by atoms with Gasteiger partial charge in [0, 0.05) is 32.7 Å². The Morgan fingerprint density at radius 3 is 1.80 bits per heavy atom. The van der Waals surface area contributed by atoms with Crippen LogP contribution in [0.4, 0.5) is 0 Å². The zero-order chi connectivity index (χ0) is 29.8. The molecule has 0 saturated carbocycles. The molecular weight excluding hydrogens is 532 g/mol. The summed E-state index contributed by atoms with van der Waals surface area (Å²) >= 11 is 0. The molecule has 3 aliphatic rings. The number of hydrogen-bond acceptors (Lipinski definition) is 2. The van der Waals surface area contributed by atoms with Crippen molar-refractivity contribution in [3.63, 3.8) is 0 Å². The molecule has 0 radical (unpaired) electrons. The van der Waals surface area contributed by atoms with E-state index in [0.717, 1.165) is 57.2 Å². The normalized spacial score (nSPS) is 17.1. The molecule has 0 unspecified atom stereocenters. The molecule has 4 aromatic carbocycles. The molecule has 212 valence electrons. The Morgan fingerprint density at radius 1 is 0.545 bits per heavy atom. The number of fused-ring (bicyclic) bond motifs is 8. The SMILES string of the molecule is CC1(C)C2=C(CCC=C2)c2ccc(-c3ccc4ccc5ccc(-c6ccc7c(c6)C(C)(C)c6ccccc6-7)nc5c4n3)cc21. The van der Waals surface area contributed by atoms with Gasteiger partial charge in [-0.05, 0) is 81.6 Å². The van der Waals surface area contributed by atoms with Gasteiger partial charge in [0.25, 0.3) is 0 Å². The summed E-state index contributed by atoms with van der Waals surface area (Å²) in [6, 6.07) is 35.7. The average Bonchev–Trinajstić information content (AvgIpc) is 3.43. The maximum Gasteiger partial charge on any atom is 0.0972 e. The van der Waals surface area contributed by atoms with Gasteiger partial charge in [-0.1, -0.05) is 113 Å². The smallest absolute Gasteiger partial charge is 0.0972 e. The number of pyridine rings is 2. The van der Waals surface area contributed by atoms with Crippen LogP contribution in [0.1, 0.15) is 62.8 Å².